The maximum atomic E-state index is 5.38. The molecule has 2 aliphatic heterocycles. The summed E-state index contributed by atoms with van der Waals surface area (Å²) < 4.78 is 0. The summed E-state index contributed by atoms with van der Waals surface area (Å²) in [5, 5.41) is 4.35. The summed E-state index contributed by atoms with van der Waals surface area (Å²) in [5.41, 5.74) is 8.24. The molecule has 6 rings (SSSR count). The molecule has 6 atom stereocenters. The highest BCUT2D eigenvalue weighted by Crippen LogP contribution is 2.49. The second kappa shape index (κ2) is 8.44. The van der Waals surface area contributed by atoms with Gasteiger partial charge in [0.2, 0.25) is 0 Å². The number of thioether (sulfide) groups is 1. The number of quaternary nitrogens is 1. The Kier molecular flexibility index (Phi) is 5.33. The van der Waals surface area contributed by atoms with Crippen LogP contribution in [0.2, 0.25) is 0 Å². The van der Waals surface area contributed by atoms with Gasteiger partial charge >= 0.3 is 0 Å². The highest BCUT2D eigenvalue weighted by Gasteiger charge is 2.56. The standard InChI is InChI=1S/C27H28N3S/c1-4-12-20(13-5-1)25-26(21-14-6-2-7-15-21)29-24-19-11-10-18-23(24)28-30(29)27(25)31-22-16-8-3-9-17-22/h1-9,12-17,23-27H,10-11,18-19H2/q-1/p+1. The van der Waals surface area contributed by atoms with Crippen molar-refractivity contribution in [2.24, 2.45) is 0 Å². The van der Waals surface area contributed by atoms with Gasteiger partial charge < -0.3 is 5.43 Å². The highest BCUT2D eigenvalue weighted by atomic mass is 32.2. The van der Waals surface area contributed by atoms with E-state index in [0.29, 0.717) is 24.0 Å². The van der Waals surface area contributed by atoms with Crippen molar-refractivity contribution in [2.75, 3.05) is 0 Å². The Morgan fingerprint density at radius 1 is 0.742 bits per heavy atom. The number of fused-ring (bicyclic) bond motifs is 3. The number of benzene rings is 3. The van der Waals surface area contributed by atoms with Crippen LogP contribution in [0.25, 0.3) is 5.43 Å². The van der Waals surface area contributed by atoms with Crippen LogP contribution in [0.15, 0.2) is 95.9 Å². The molecule has 2 saturated heterocycles. The van der Waals surface area contributed by atoms with E-state index in [1.165, 1.54) is 41.7 Å². The number of hydrogen-bond acceptors (Lipinski definition) is 2. The third-order valence-electron chi connectivity index (χ3n) is 7.22. The van der Waals surface area contributed by atoms with Crippen LogP contribution in [-0.2, 0) is 0 Å². The lowest BCUT2D eigenvalue weighted by Gasteiger charge is -2.35. The molecule has 0 spiro atoms. The van der Waals surface area contributed by atoms with E-state index in [2.05, 4.69) is 96.1 Å². The molecule has 3 nitrogen and oxygen atoms in total. The first-order chi connectivity index (χ1) is 15.4. The minimum Gasteiger partial charge on any atom is -0.536 e. The van der Waals surface area contributed by atoms with Crippen LogP contribution in [0.4, 0.5) is 0 Å². The number of rotatable bonds is 4. The van der Waals surface area contributed by atoms with Crippen molar-refractivity contribution in [2.45, 2.75) is 60.0 Å². The van der Waals surface area contributed by atoms with Gasteiger partial charge in [0.15, 0.2) is 0 Å². The van der Waals surface area contributed by atoms with Gasteiger partial charge in [0.05, 0.1) is 12.0 Å². The summed E-state index contributed by atoms with van der Waals surface area (Å²) in [6.45, 7) is 0. The number of hydrogen-bond donors (Lipinski definition) is 1. The topological polar surface area (TPSA) is 21.8 Å². The molecule has 1 N–H and O–H groups in total. The second-order valence-corrected chi connectivity index (χ2v) is 10.2. The van der Waals surface area contributed by atoms with Gasteiger partial charge in [-0.25, -0.2) is 5.12 Å². The molecule has 3 aromatic rings. The predicted octanol–water partition coefficient (Wildman–Crippen LogP) is 5.36. The Balaban J connectivity index is 1.48. The normalized spacial score (nSPS) is 32.5. The monoisotopic (exact) mass is 427 g/mol. The van der Waals surface area contributed by atoms with Crippen LogP contribution >= 0.6 is 11.8 Å². The van der Waals surface area contributed by atoms with Crippen LogP contribution < -0.4 is 5.01 Å². The summed E-state index contributed by atoms with van der Waals surface area (Å²) in [5.74, 6) is 0.385. The van der Waals surface area contributed by atoms with E-state index in [-0.39, 0.29) is 5.37 Å². The Hall–Kier alpha value is -2.11. The molecule has 3 aromatic carbocycles. The van der Waals surface area contributed by atoms with E-state index < -0.39 is 0 Å². The van der Waals surface area contributed by atoms with Gasteiger partial charge in [-0.2, -0.15) is 0 Å². The van der Waals surface area contributed by atoms with Crippen molar-refractivity contribution in [3.63, 3.8) is 0 Å². The molecular formula is C27H29N3S. The highest BCUT2D eigenvalue weighted by molar-refractivity contribution is 8.00. The number of nitrogens with zero attached hydrogens (tertiary/aromatic N) is 2. The van der Waals surface area contributed by atoms with Crippen molar-refractivity contribution in [3.05, 3.63) is 108 Å². The van der Waals surface area contributed by atoms with E-state index in [1.807, 2.05) is 11.8 Å². The first kappa shape index (κ1) is 19.6. The zero-order valence-electron chi connectivity index (χ0n) is 17.7. The maximum Gasteiger partial charge on any atom is 0.139 e. The van der Waals surface area contributed by atoms with Gasteiger partial charge in [-0.1, -0.05) is 97.7 Å². The second-order valence-electron chi connectivity index (χ2n) is 8.99. The minimum absolute atomic E-state index is 0.288. The third-order valence-corrected chi connectivity index (χ3v) is 8.49. The summed E-state index contributed by atoms with van der Waals surface area (Å²) in [4.78, 5) is 1.33. The molecule has 158 valence electrons. The molecule has 2 heterocycles. The SMILES string of the molecule is c1ccc(SC2C(c3ccccc3)C(c3ccccc3)[NH+]3C4CCCCC4[N-]N23)cc1. The summed E-state index contributed by atoms with van der Waals surface area (Å²) in [7, 11) is 0. The third kappa shape index (κ3) is 3.52. The number of nitrogens with one attached hydrogen (secondary N) is 1. The van der Waals surface area contributed by atoms with Crippen LogP contribution in [-0.4, -0.2) is 22.6 Å². The fraction of sp³-hybridized carbons (Fsp3) is 0.333. The molecular weight excluding hydrogens is 398 g/mol. The lowest BCUT2D eigenvalue weighted by molar-refractivity contribution is -1.03. The van der Waals surface area contributed by atoms with Crippen molar-refractivity contribution in [1.82, 2.24) is 5.12 Å². The molecule has 6 unspecified atom stereocenters. The molecule has 0 amide bonds. The lowest BCUT2D eigenvalue weighted by atomic mass is 9.84. The first-order valence-corrected chi connectivity index (χ1v) is 12.5. The van der Waals surface area contributed by atoms with Gasteiger partial charge in [-0.05, 0) is 30.5 Å². The first-order valence-electron chi connectivity index (χ1n) is 11.6. The van der Waals surface area contributed by atoms with Crippen molar-refractivity contribution in [1.29, 1.82) is 0 Å². The summed E-state index contributed by atoms with van der Waals surface area (Å²) in [6, 6.07) is 34.7. The molecule has 0 bridgehead atoms. The van der Waals surface area contributed by atoms with E-state index in [1.54, 1.807) is 5.01 Å². The molecule has 0 radical (unpaired) electrons. The van der Waals surface area contributed by atoms with Crippen LogP contribution in [0.1, 0.15) is 48.8 Å². The smallest absolute Gasteiger partial charge is 0.139 e. The van der Waals surface area contributed by atoms with Gasteiger partial charge in [0, 0.05) is 10.5 Å². The van der Waals surface area contributed by atoms with Gasteiger partial charge in [0.25, 0.3) is 0 Å². The zero-order chi connectivity index (χ0) is 20.6. The largest absolute Gasteiger partial charge is 0.536 e. The molecule has 3 aliphatic rings. The van der Waals surface area contributed by atoms with E-state index in [0.717, 1.165) is 0 Å². The predicted molar refractivity (Wildman–Crippen MR) is 127 cm³/mol. The van der Waals surface area contributed by atoms with E-state index in [4.69, 9.17) is 5.43 Å². The molecule has 31 heavy (non-hydrogen) atoms. The minimum atomic E-state index is 0.288. The van der Waals surface area contributed by atoms with E-state index >= 15 is 0 Å². The summed E-state index contributed by atoms with van der Waals surface area (Å²) >= 11 is 1.99. The van der Waals surface area contributed by atoms with Crippen molar-refractivity contribution < 1.29 is 5.01 Å². The van der Waals surface area contributed by atoms with Crippen molar-refractivity contribution >= 4 is 11.8 Å². The van der Waals surface area contributed by atoms with Gasteiger partial charge in [-0.3, -0.25) is 5.01 Å². The maximum absolute atomic E-state index is 5.38. The molecule has 1 saturated carbocycles. The molecule has 0 aromatic heterocycles. The molecule has 1 aliphatic carbocycles. The fourth-order valence-electron chi connectivity index (χ4n) is 5.91. The Labute approximate surface area is 189 Å². The van der Waals surface area contributed by atoms with Crippen LogP contribution in [0.5, 0.6) is 0 Å². The van der Waals surface area contributed by atoms with Gasteiger partial charge in [-0.15, -0.1) is 11.8 Å². The Morgan fingerprint density at radius 3 is 2.06 bits per heavy atom. The average molecular weight is 428 g/mol. The van der Waals surface area contributed by atoms with Crippen LogP contribution in [0, 0.1) is 0 Å². The Bertz CT molecular complexity index is 997. The zero-order valence-corrected chi connectivity index (χ0v) is 18.5. The van der Waals surface area contributed by atoms with Crippen LogP contribution in [0.3, 0.4) is 0 Å². The molecule has 3 fully saturated rings. The summed E-state index contributed by atoms with van der Waals surface area (Å²) in [6.07, 6.45) is 5.18. The van der Waals surface area contributed by atoms with Gasteiger partial charge in [0.1, 0.15) is 11.4 Å². The fourth-order valence-corrected chi connectivity index (χ4v) is 7.24. The average Bonchev–Trinajstić information content (AvgIpc) is 3.36. The van der Waals surface area contributed by atoms with Crippen molar-refractivity contribution in [3.8, 4) is 0 Å². The Morgan fingerprint density at radius 2 is 1.35 bits per heavy atom. The van der Waals surface area contributed by atoms with E-state index in [9.17, 15) is 0 Å². The lowest BCUT2D eigenvalue weighted by Crippen LogP contribution is -3.17. The quantitative estimate of drug-likeness (QED) is 0.605. The molecule has 4 heteroatoms.